The number of carbonyl (C=O) groups excluding carboxylic acids is 3. The molecule has 1 aliphatic heterocycles. The molecule has 3 heterocycles. The average molecular weight is 454 g/mol. The van der Waals surface area contributed by atoms with E-state index in [4.69, 9.17) is 11.6 Å². The minimum absolute atomic E-state index is 0.0873. The molecule has 1 fully saturated rings. The number of pyridine rings is 1. The number of Topliss-reactive ketones (excluding diaryl/α,β-unsaturated/α-hetero) is 2. The minimum Gasteiger partial charge on any atom is -0.507 e. The van der Waals surface area contributed by atoms with E-state index in [0.717, 1.165) is 11.3 Å². The molecule has 1 aliphatic rings. The van der Waals surface area contributed by atoms with E-state index in [2.05, 4.69) is 9.97 Å². The first-order chi connectivity index (χ1) is 14.8. The van der Waals surface area contributed by atoms with Crippen LogP contribution in [0.1, 0.15) is 39.5 Å². The highest BCUT2D eigenvalue weighted by Gasteiger charge is 2.48. The maximum atomic E-state index is 13.1. The van der Waals surface area contributed by atoms with Crippen LogP contribution in [0.3, 0.4) is 0 Å². The fourth-order valence-corrected chi connectivity index (χ4v) is 4.69. The van der Waals surface area contributed by atoms with Gasteiger partial charge in [0.25, 0.3) is 5.78 Å². The van der Waals surface area contributed by atoms with Gasteiger partial charge in [-0.15, -0.1) is 0 Å². The summed E-state index contributed by atoms with van der Waals surface area (Å²) in [5.74, 6) is -2.21. The summed E-state index contributed by atoms with van der Waals surface area (Å²) in [5, 5.41) is 11.6. The van der Waals surface area contributed by atoms with Crippen molar-refractivity contribution in [1.82, 2.24) is 9.97 Å². The Labute approximate surface area is 186 Å². The second-order valence-corrected chi connectivity index (χ2v) is 8.34. The number of aryl methyl sites for hydroxylation is 1. The Bertz CT molecular complexity index is 1250. The fourth-order valence-electron chi connectivity index (χ4n) is 3.50. The van der Waals surface area contributed by atoms with Crippen molar-refractivity contribution in [3.63, 3.8) is 0 Å². The van der Waals surface area contributed by atoms with Crippen LogP contribution in [0, 0.1) is 6.92 Å². The smallest absolute Gasteiger partial charge is 0.301 e. The Kier molecular flexibility index (Phi) is 5.43. The molecule has 0 saturated carbocycles. The van der Waals surface area contributed by atoms with Crippen LogP contribution >= 0.6 is 22.9 Å². The molecule has 3 aromatic rings. The summed E-state index contributed by atoms with van der Waals surface area (Å²) < 4.78 is 0. The van der Waals surface area contributed by atoms with Crippen LogP contribution < -0.4 is 4.90 Å². The topological polar surface area (TPSA) is 100 Å². The van der Waals surface area contributed by atoms with Crippen molar-refractivity contribution in [1.29, 1.82) is 0 Å². The molecule has 0 radical (unpaired) electrons. The number of thiazole rings is 1. The molecule has 0 spiro atoms. The maximum absolute atomic E-state index is 13.1. The van der Waals surface area contributed by atoms with Gasteiger partial charge in [-0.3, -0.25) is 24.3 Å². The lowest BCUT2D eigenvalue weighted by Gasteiger charge is -2.23. The molecule has 4 rings (SSSR count). The van der Waals surface area contributed by atoms with Gasteiger partial charge in [0.1, 0.15) is 5.76 Å². The number of ketones is 2. The largest absolute Gasteiger partial charge is 0.507 e. The third kappa shape index (κ3) is 3.64. The summed E-state index contributed by atoms with van der Waals surface area (Å²) in [6.45, 7) is 3.08. The second kappa shape index (κ2) is 8.05. The number of halogens is 1. The van der Waals surface area contributed by atoms with Crippen molar-refractivity contribution < 1.29 is 19.5 Å². The number of carbonyl (C=O) groups is 3. The minimum atomic E-state index is -0.961. The second-order valence-electron chi connectivity index (χ2n) is 6.93. The molecule has 1 aromatic carbocycles. The molecule has 0 aliphatic carbocycles. The van der Waals surface area contributed by atoms with Crippen molar-refractivity contribution in [2.45, 2.75) is 19.9 Å². The van der Waals surface area contributed by atoms with Crippen LogP contribution in [0.5, 0.6) is 0 Å². The Morgan fingerprint density at radius 1 is 1.19 bits per heavy atom. The third-order valence-corrected chi connectivity index (χ3v) is 6.37. The normalized spacial score (nSPS) is 17.9. The highest BCUT2D eigenvalue weighted by Crippen LogP contribution is 2.44. The monoisotopic (exact) mass is 453 g/mol. The molecule has 31 heavy (non-hydrogen) atoms. The molecule has 1 unspecified atom stereocenters. The van der Waals surface area contributed by atoms with Gasteiger partial charge in [-0.25, -0.2) is 4.98 Å². The summed E-state index contributed by atoms with van der Waals surface area (Å²) in [6.07, 6.45) is 2.95. The number of aliphatic hydroxyl groups excluding tert-OH is 1. The summed E-state index contributed by atoms with van der Waals surface area (Å²) in [4.78, 5) is 47.9. The number of anilines is 1. The summed E-state index contributed by atoms with van der Waals surface area (Å²) in [7, 11) is 0. The van der Waals surface area contributed by atoms with Gasteiger partial charge < -0.3 is 5.11 Å². The van der Waals surface area contributed by atoms with Crippen LogP contribution in [-0.2, 0) is 9.59 Å². The maximum Gasteiger partial charge on any atom is 0.301 e. The molecule has 1 atom stereocenters. The lowest BCUT2D eigenvalue weighted by atomic mass is 9.96. The predicted molar refractivity (Wildman–Crippen MR) is 117 cm³/mol. The zero-order valence-electron chi connectivity index (χ0n) is 16.5. The number of nitrogens with zero attached hydrogens (tertiary/aromatic N) is 3. The van der Waals surface area contributed by atoms with Crippen LogP contribution in [0.25, 0.3) is 5.76 Å². The van der Waals surface area contributed by atoms with Gasteiger partial charge in [-0.05, 0) is 36.8 Å². The Balaban J connectivity index is 1.96. The van der Waals surface area contributed by atoms with Crippen LogP contribution in [-0.4, -0.2) is 32.5 Å². The number of hydrogen-bond acceptors (Lipinski definition) is 7. The molecule has 156 valence electrons. The predicted octanol–water partition coefficient (Wildman–Crippen LogP) is 4.33. The molecule has 0 bridgehead atoms. The number of amides is 1. The highest BCUT2D eigenvalue weighted by atomic mass is 35.5. The van der Waals surface area contributed by atoms with E-state index in [-0.39, 0.29) is 22.2 Å². The number of rotatable bonds is 4. The van der Waals surface area contributed by atoms with Gasteiger partial charge in [0, 0.05) is 29.9 Å². The zero-order chi connectivity index (χ0) is 22.3. The van der Waals surface area contributed by atoms with Gasteiger partial charge in [0.05, 0.1) is 22.2 Å². The number of benzene rings is 1. The van der Waals surface area contributed by atoms with E-state index < -0.39 is 17.7 Å². The molecule has 1 saturated heterocycles. The SMILES string of the molecule is CC(=O)c1sc(N2C(=O)C(=O)/C(=C(/O)c3ccncc3)C2c2cccc(Cl)c2)nc1C. The number of hydrogen-bond donors (Lipinski definition) is 1. The number of aromatic nitrogens is 2. The molecule has 9 heteroatoms. The van der Waals surface area contributed by atoms with Crippen molar-refractivity contribution in [3.05, 3.63) is 81.1 Å². The third-order valence-electron chi connectivity index (χ3n) is 4.87. The summed E-state index contributed by atoms with van der Waals surface area (Å²) in [5.41, 5.74) is 1.25. The first-order valence-electron chi connectivity index (χ1n) is 9.24. The molecule has 1 amide bonds. The van der Waals surface area contributed by atoms with Crippen LogP contribution in [0.15, 0.2) is 54.4 Å². The van der Waals surface area contributed by atoms with Crippen LogP contribution in [0.2, 0.25) is 5.02 Å². The van der Waals surface area contributed by atoms with Crippen molar-refractivity contribution >= 4 is 51.3 Å². The van der Waals surface area contributed by atoms with Gasteiger partial charge in [-0.1, -0.05) is 35.1 Å². The summed E-state index contributed by atoms with van der Waals surface area (Å²) in [6, 6.07) is 8.81. The molecular weight excluding hydrogens is 438 g/mol. The molecular formula is C22H16ClN3O4S. The fraction of sp³-hybridized carbons (Fsp3) is 0.136. The Morgan fingerprint density at radius 2 is 1.90 bits per heavy atom. The highest BCUT2D eigenvalue weighted by molar-refractivity contribution is 7.18. The first kappa shape index (κ1) is 20.9. The van der Waals surface area contributed by atoms with E-state index in [0.29, 0.717) is 26.7 Å². The van der Waals surface area contributed by atoms with E-state index in [1.54, 1.807) is 43.3 Å². The van der Waals surface area contributed by atoms with E-state index in [1.165, 1.54) is 24.2 Å². The molecule has 1 N–H and O–H groups in total. The molecule has 2 aromatic heterocycles. The first-order valence-corrected chi connectivity index (χ1v) is 10.4. The zero-order valence-corrected chi connectivity index (χ0v) is 18.1. The summed E-state index contributed by atoms with van der Waals surface area (Å²) >= 11 is 7.20. The van der Waals surface area contributed by atoms with E-state index in [1.807, 2.05) is 0 Å². The van der Waals surface area contributed by atoms with Gasteiger partial charge in [0.15, 0.2) is 10.9 Å². The lowest BCUT2D eigenvalue weighted by Crippen LogP contribution is -2.29. The average Bonchev–Trinajstić information content (AvgIpc) is 3.26. The number of aliphatic hydroxyl groups is 1. The van der Waals surface area contributed by atoms with Gasteiger partial charge in [-0.2, -0.15) is 0 Å². The van der Waals surface area contributed by atoms with Crippen molar-refractivity contribution in [2.24, 2.45) is 0 Å². The Hall–Kier alpha value is -3.36. The lowest BCUT2D eigenvalue weighted by molar-refractivity contribution is -0.132. The molecule has 7 nitrogen and oxygen atoms in total. The van der Waals surface area contributed by atoms with Gasteiger partial charge in [0.2, 0.25) is 0 Å². The van der Waals surface area contributed by atoms with Crippen molar-refractivity contribution in [3.8, 4) is 0 Å². The van der Waals surface area contributed by atoms with Gasteiger partial charge >= 0.3 is 5.91 Å². The van der Waals surface area contributed by atoms with E-state index >= 15 is 0 Å². The quantitative estimate of drug-likeness (QED) is 0.273. The van der Waals surface area contributed by atoms with E-state index in [9.17, 15) is 19.5 Å². The van der Waals surface area contributed by atoms with Crippen molar-refractivity contribution in [2.75, 3.05) is 4.90 Å². The Morgan fingerprint density at radius 3 is 2.52 bits per heavy atom. The van der Waals surface area contributed by atoms with Crippen LogP contribution in [0.4, 0.5) is 5.13 Å². The standard InChI is InChI=1S/C22H16ClN3O4S/c1-11-20(12(2)27)31-22(25-11)26-17(14-4-3-5-15(23)10-14)16(19(29)21(26)30)18(28)13-6-8-24-9-7-13/h3-10,17,28H,1-2H3/b18-16+.